The summed E-state index contributed by atoms with van der Waals surface area (Å²) < 4.78 is 5.11. The predicted molar refractivity (Wildman–Crippen MR) is 71.0 cm³/mol. The summed E-state index contributed by atoms with van der Waals surface area (Å²) in [7, 11) is 1.49. The molecule has 1 fully saturated rings. The van der Waals surface area contributed by atoms with Crippen molar-refractivity contribution in [2.24, 2.45) is 5.41 Å². The zero-order valence-electron chi connectivity index (χ0n) is 12.3. The van der Waals surface area contributed by atoms with Gasteiger partial charge in [0.2, 0.25) is 11.8 Å². The van der Waals surface area contributed by atoms with Gasteiger partial charge in [-0.25, -0.2) is 4.79 Å². The Labute approximate surface area is 118 Å². The molecule has 0 aromatic heterocycles. The molecule has 1 aliphatic heterocycles. The van der Waals surface area contributed by atoms with Crippen molar-refractivity contribution < 1.29 is 24.2 Å². The van der Waals surface area contributed by atoms with Crippen LogP contribution in [-0.2, 0) is 19.1 Å². The molecule has 7 nitrogen and oxygen atoms in total. The van der Waals surface area contributed by atoms with E-state index >= 15 is 0 Å². The maximum absolute atomic E-state index is 12.0. The number of hydrogen-bond donors (Lipinski definition) is 2. The molecule has 0 aliphatic carbocycles. The van der Waals surface area contributed by atoms with Gasteiger partial charge < -0.3 is 20.1 Å². The van der Waals surface area contributed by atoms with Crippen LogP contribution in [0, 0.1) is 5.41 Å². The molecule has 1 saturated heterocycles. The number of methoxy groups -OCH3 is 1. The lowest BCUT2D eigenvalue weighted by molar-refractivity contribution is -0.148. The van der Waals surface area contributed by atoms with Gasteiger partial charge in [-0.05, 0) is 0 Å². The largest absolute Gasteiger partial charge is 0.480 e. The average Bonchev–Trinajstić information content (AvgIpc) is 2.78. The maximum atomic E-state index is 12.0. The van der Waals surface area contributed by atoms with Gasteiger partial charge in [0, 0.05) is 25.5 Å². The van der Waals surface area contributed by atoms with Gasteiger partial charge in [-0.2, -0.15) is 0 Å². The van der Waals surface area contributed by atoms with E-state index in [4.69, 9.17) is 9.84 Å². The quantitative estimate of drug-likeness (QED) is 0.749. The van der Waals surface area contributed by atoms with Gasteiger partial charge in [-0.1, -0.05) is 20.8 Å². The van der Waals surface area contributed by atoms with E-state index in [2.05, 4.69) is 5.32 Å². The number of ether oxygens (including phenoxy) is 1. The van der Waals surface area contributed by atoms with Gasteiger partial charge in [0.1, 0.15) is 6.04 Å². The first-order valence-corrected chi connectivity index (χ1v) is 6.50. The van der Waals surface area contributed by atoms with E-state index in [1.165, 1.54) is 12.0 Å². The summed E-state index contributed by atoms with van der Waals surface area (Å²) in [6, 6.07) is -0.890. The summed E-state index contributed by atoms with van der Waals surface area (Å²) in [5.74, 6) is -1.71. The topological polar surface area (TPSA) is 95.9 Å². The van der Waals surface area contributed by atoms with E-state index in [0.717, 1.165) is 0 Å². The Hall–Kier alpha value is -1.63. The number of amides is 2. The van der Waals surface area contributed by atoms with Crippen LogP contribution in [0.25, 0.3) is 0 Å². The summed E-state index contributed by atoms with van der Waals surface area (Å²) in [5, 5.41) is 11.6. The molecule has 2 unspecified atom stereocenters. The molecule has 0 aromatic carbocycles. The highest BCUT2D eigenvalue weighted by Crippen LogP contribution is 2.20. The molecule has 1 heterocycles. The molecule has 1 rings (SSSR count). The summed E-state index contributed by atoms with van der Waals surface area (Å²) in [4.78, 5) is 36.1. The summed E-state index contributed by atoms with van der Waals surface area (Å²) in [6.45, 7) is 5.25. The number of hydrogen-bond acceptors (Lipinski definition) is 4. The van der Waals surface area contributed by atoms with Crippen molar-refractivity contribution >= 4 is 17.8 Å². The Kier molecular flexibility index (Phi) is 5.10. The second-order valence-corrected chi connectivity index (χ2v) is 5.93. The first kappa shape index (κ1) is 16.4. The van der Waals surface area contributed by atoms with Gasteiger partial charge in [0.25, 0.3) is 0 Å². The number of carboxylic acid groups (broad SMARTS) is 1. The van der Waals surface area contributed by atoms with Gasteiger partial charge >= 0.3 is 5.97 Å². The third-order valence-corrected chi connectivity index (χ3v) is 3.28. The van der Waals surface area contributed by atoms with Crippen LogP contribution in [0.2, 0.25) is 0 Å². The molecule has 2 atom stereocenters. The minimum Gasteiger partial charge on any atom is -0.480 e. The molecule has 7 heteroatoms. The third-order valence-electron chi connectivity index (χ3n) is 3.28. The molecular formula is C13H22N2O5. The number of likely N-dealkylation sites (tertiary alicyclic amines) is 1. The van der Waals surface area contributed by atoms with Crippen LogP contribution in [0.1, 0.15) is 27.2 Å². The van der Waals surface area contributed by atoms with Crippen molar-refractivity contribution in [2.45, 2.75) is 39.3 Å². The van der Waals surface area contributed by atoms with Gasteiger partial charge in [0.15, 0.2) is 0 Å². The van der Waals surface area contributed by atoms with Gasteiger partial charge in [-0.3, -0.25) is 9.59 Å². The van der Waals surface area contributed by atoms with E-state index in [0.29, 0.717) is 0 Å². The number of nitrogens with one attached hydrogen (secondary N) is 1. The number of carbonyl (C=O) groups is 3. The van der Waals surface area contributed by atoms with E-state index in [9.17, 15) is 14.4 Å². The minimum absolute atomic E-state index is 0.198. The zero-order chi connectivity index (χ0) is 15.5. The van der Waals surface area contributed by atoms with Gasteiger partial charge in [-0.15, -0.1) is 0 Å². The van der Waals surface area contributed by atoms with Crippen LogP contribution in [-0.4, -0.2) is 60.1 Å². The highest BCUT2D eigenvalue weighted by atomic mass is 16.5. The van der Waals surface area contributed by atoms with Crippen LogP contribution in [0.4, 0.5) is 0 Å². The van der Waals surface area contributed by atoms with Gasteiger partial charge in [0.05, 0.1) is 12.6 Å². The zero-order valence-corrected chi connectivity index (χ0v) is 12.3. The molecule has 1 aliphatic rings. The normalized spacial score (nSPS) is 22.7. The number of aliphatic carboxylic acids is 1. The lowest BCUT2D eigenvalue weighted by atomic mass is 9.96. The Balaban J connectivity index is 2.62. The van der Waals surface area contributed by atoms with E-state index in [-0.39, 0.29) is 31.5 Å². The molecule has 0 spiro atoms. The highest BCUT2D eigenvalue weighted by molar-refractivity contribution is 5.89. The molecule has 0 saturated carbocycles. The third kappa shape index (κ3) is 3.93. The number of nitrogens with zero attached hydrogens (tertiary/aromatic N) is 1. The second kappa shape index (κ2) is 6.21. The summed E-state index contributed by atoms with van der Waals surface area (Å²) in [6.07, 6.45) is -0.0106. The molecule has 0 radical (unpaired) electrons. The number of rotatable bonds is 4. The highest BCUT2D eigenvalue weighted by Gasteiger charge is 2.39. The number of carboxylic acids is 1. The van der Waals surface area contributed by atoms with Crippen LogP contribution >= 0.6 is 0 Å². The van der Waals surface area contributed by atoms with Crippen molar-refractivity contribution in [3.05, 3.63) is 0 Å². The fourth-order valence-corrected chi connectivity index (χ4v) is 2.00. The van der Waals surface area contributed by atoms with E-state index in [1.54, 1.807) is 20.8 Å². The van der Waals surface area contributed by atoms with Crippen molar-refractivity contribution in [1.29, 1.82) is 0 Å². The lowest BCUT2D eigenvalue weighted by Gasteiger charge is -2.23. The monoisotopic (exact) mass is 286 g/mol. The summed E-state index contributed by atoms with van der Waals surface area (Å²) >= 11 is 0. The van der Waals surface area contributed by atoms with Crippen molar-refractivity contribution in [2.75, 3.05) is 20.2 Å². The summed E-state index contributed by atoms with van der Waals surface area (Å²) in [5.41, 5.74) is -0.591. The first-order valence-electron chi connectivity index (χ1n) is 6.50. The van der Waals surface area contributed by atoms with E-state index in [1.807, 2.05) is 0 Å². The van der Waals surface area contributed by atoms with E-state index < -0.39 is 23.3 Å². The van der Waals surface area contributed by atoms with Crippen LogP contribution in [0.5, 0.6) is 0 Å². The Morgan fingerprint density at radius 3 is 2.40 bits per heavy atom. The molecule has 114 valence electrons. The predicted octanol–water partition coefficient (Wildman–Crippen LogP) is -0.151. The fraction of sp³-hybridized carbons (Fsp3) is 0.769. The number of carbonyl (C=O) groups excluding carboxylic acids is 2. The van der Waals surface area contributed by atoms with Crippen LogP contribution < -0.4 is 5.32 Å². The molecule has 0 aromatic rings. The lowest BCUT2D eigenvalue weighted by Crippen LogP contribution is -2.47. The maximum Gasteiger partial charge on any atom is 0.326 e. The standard InChI is InChI=1S/C13H22N2O5/c1-13(2,3)12(19)14-6-10(16)15-7-8(20-4)5-9(15)11(17)18/h8-9H,5-7H2,1-4H3,(H,14,19)(H,17,18). The molecule has 0 bridgehead atoms. The first-order chi connectivity index (χ1) is 9.16. The molecule has 2 N–H and O–H groups in total. The van der Waals surface area contributed by atoms with Crippen LogP contribution in [0.3, 0.4) is 0 Å². The fourth-order valence-electron chi connectivity index (χ4n) is 2.00. The SMILES string of the molecule is COC1CC(C(=O)O)N(C(=O)CNC(=O)C(C)(C)C)C1. The Morgan fingerprint density at radius 1 is 1.35 bits per heavy atom. The molecule has 2 amide bonds. The Morgan fingerprint density at radius 2 is 1.95 bits per heavy atom. The van der Waals surface area contributed by atoms with Crippen LogP contribution in [0.15, 0.2) is 0 Å². The minimum atomic E-state index is -1.06. The van der Waals surface area contributed by atoms with Crippen molar-refractivity contribution in [1.82, 2.24) is 10.2 Å². The molecule has 20 heavy (non-hydrogen) atoms. The smallest absolute Gasteiger partial charge is 0.326 e. The second-order valence-electron chi connectivity index (χ2n) is 5.93. The average molecular weight is 286 g/mol. The van der Waals surface area contributed by atoms with Crippen molar-refractivity contribution in [3.8, 4) is 0 Å². The Bertz CT molecular complexity index is 402. The van der Waals surface area contributed by atoms with Crippen molar-refractivity contribution in [3.63, 3.8) is 0 Å². The molecular weight excluding hydrogens is 264 g/mol.